The fraction of sp³-hybridized carbons (Fsp3) is 0.917. The van der Waals surface area contributed by atoms with Gasteiger partial charge in [-0.1, -0.05) is 12.8 Å². The number of carbonyl (C=O) groups is 1. The molecule has 4 heteroatoms. The van der Waals surface area contributed by atoms with E-state index in [9.17, 15) is 4.79 Å². The maximum atomic E-state index is 11.5. The zero-order valence-corrected chi connectivity index (χ0v) is 9.56. The van der Waals surface area contributed by atoms with Crippen molar-refractivity contribution in [3.63, 3.8) is 0 Å². The Morgan fingerprint density at radius 2 is 1.88 bits per heavy atom. The summed E-state index contributed by atoms with van der Waals surface area (Å²) in [5.74, 6) is -0.0887. The third-order valence-corrected chi connectivity index (χ3v) is 3.37. The lowest BCUT2D eigenvalue weighted by atomic mass is 10.1. The maximum absolute atomic E-state index is 11.5. The normalized spacial score (nSPS) is 31.2. The van der Waals surface area contributed by atoms with Crippen molar-refractivity contribution >= 4 is 5.97 Å². The van der Waals surface area contributed by atoms with Gasteiger partial charge in [-0.25, -0.2) is 0 Å². The van der Waals surface area contributed by atoms with Gasteiger partial charge in [0.2, 0.25) is 0 Å². The fourth-order valence-corrected chi connectivity index (χ4v) is 2.42. The molecule has 1 saturated carbocycles. The topological polar surface area (TPSA) is 55.8 Å². The summed E-state index contributed by atoms with van der Waals surface area (Å²) in [5, 5.41) is 8.59. The van der Waals surface area contributed by atoms with Gasteiger partial charge in [-0.05, 0) is 25.7 Å². The first-order chi connectivity index (χ1) is 7.81. The molecule has 0 aromatic heterocycles. The highest BCUT2D eigenvalue weighted by Crippen LogP contribution is 2.39. The molecular formula is C12H20O4. The van der Waals surface area contributed by atoms with Crippen molar-refractivity contribution in [2.75, 3.05) is 6.61 Å². The zero-order valence-electron chi connectivity index (χ0n) is 9.56. The van der Waals surface area contributed by atoms with Gasteiger partial charge in [-0.15, -0.1) is 0 Å². The van der Waals surface area contributed by atoms with Crippen LogP contribution in [0.25, 0.3) is 0 Å². The average molecular weight is 228 g/mol. The van der Waals surface area contributed by atoms with Crippen LogP contribution < -0.4 is 0 Å². The molecule has 2 atom stereocenters. The zero-order chi connectivity index (χ0) is 11.4. The maximum Gasteiger partial charge on any atom is 0.306 e. The van der Waals surface area contributed by atoms with E-state index in [0.717, 1.165) is 38.5 Å². The van der Waals surface area contributed by atoms with Crippen LogP contribution in [0.3, 0.4) is 0 Å². The van der Waals surface area contributed by atoms with Crippen molar-refractivity contribution in [3.05, 3.63) is 0 Å². The first kappa shape index (κ1) is 11.9. The van der Waals surface area contributed by atoms with Gasteiger partial charge in [0.15, 0.2) is 6.10 Å². The Kier molecular flexibility index (Phi) is 4.18. The molecule has 0 spiro atoms. The van der Waals surface area contributed by atoms with E-state index in [-0.39, 0.29) is 30.9 Å². The first-order valence-electron chi connectivity index (χ1n) is 6.27. The number of hydrogen-bond donors (Lipinski definition) is 1. The van der Waals surface area contributed by atoms with Crippen LogP contribution in [0, 0.1) is 0 Å². The van der Waals surface area contributed by atoms with E-state index >= 15 is 0 Å². The predicted molar refractivity (Wildman–Crippen MR) is 57.9 cm³/mol. The summed E-state index contributed by atoms with van der Waals surface area (Å²) in [5.41, 5.74) is 0. The standard InChI is InChI=1S/C12H20O4/c13-8-4-2-1-3-5-11(14)16-12-9-6-7-10(12)15-9/h9-10,12-13H,1-8H2. The highest BCUT2D eigenvalue weighted by Gasteiger charge is 2.50. The average Bonchev–Trinajstić information content (AvgIpc) is 2.88. The molecule has 4 nitrogen and oxygen atoms in total. The van der Waals surface area contributed by atoms with E-state index in [1.54, 1.807) is 0 Å². The van der Waals surface area contributed by atoms with Crippen LogP contribution in [0.5, 0.6) is 0 Å². The fourth-order valence-electron chi connectivity index (χ4n) is 2.42. The smallest absolute Gasteiger partial charge is 0.306 e. The molecule has 3 aliphatic rings. The van der Waals surface area contributed by atoms with Crippen LogP contribution in [0.1, 0.15) is 44.9 Å². The molecule has 0 aromatic rings. The second-order valence-electron chi connectivity index (χ2n) is 4.63. The van der Waals surface area contributed by atoms with Gasteiger partial charge in [-0.2, -0.15) is 0 Å². The summed E-state index contributed by atoms with van der Waals surface area (Å²) < 4.78 is 10.8. The Labute approximate surface area is 95.9 Å². The minimum absolute atomic E-state index is 0.0462. The highest BCUT2D eigenvalue weighted by atomic mass is 16.6. The lowest BCUT2D eigenvalue weighted by molar-refractivity contribution is -0.206. The van der Waals surface area contributed by atoms with Gasteiger partial charge in [0.05, 0.1) is 12.2 Å². The summed E-state index contributed by atoms with van der Waals surface area (Å²) in [6.45, 7) is 0.243. The van der Waals surface area contributed by atoms with Gasteiger partial charge >= 0.3 is 5.97 Å². The largest absolute Gasteiger partial charge is 0.457 e. The molecule has 0 radical (unpaired) electrons. The van der Waals surface area contributed by atoms with Gasteiger partial charge in [-0.3, -0.25) is 4.79 Å². The minimum Gasteiger partial charge on any atom is -0.457 e. The van der Waals surface area contributed by atoms with Crippen LogP contribution >= 0.6 is 0 Å². The molecule has 1 aliphatic carbocycles. The van der Waals surface area contributed by atoms with Crippen molar-refractivity contribution < 1.29 is 19.4 Å². The Hall–Kier alpha value is -0.610. The SMILES string of the molecule is O=C(CCCCCCO)OC1C2CCC1O2. The summed E-state index contributed by atoms with van der Waals surface area (Å²) in [6.07, 6.45) is 6.67. The quantitative estimate of drug-likeness (QED) is 0.528. The molecule has 3 fully saturated rings. The second-order valence-corrected chi connectivity index (χ2v) is 4.63. The summed E-state index contributed by atoms with van der Waals surface area (Å²) in [4.78, 5) is 11.5. The molecular weight excluding hydrogens is 208 g/mol. The summed E-state index contributed by atoms with van der Waals surface area (Å²) in [7, 11) is 0. The highest BCUT2D eigenvalue weighted by molar-refractivity contribution is 5.69. The number of aliphatic hydroxyl groups is 1. The number of unbranched alkanes of at least 4 members (excludes halogenated alkanes) is 3. The monoisotopic (exact) mass is 228 g/mol. The Bertz CT molecular complexity index is 227. The van der Waals surface area contributed by atoms with Crippen molar-refractivity contribution in [2.24, 2.45) is 0 Å². The molecule has 0 amide bonds. The Morgan fingerprint density at radius 1 is 1.19 bits per heavy atom. The van der Waals surface area contributed by atoms with Gasteiger partial charge in [0.1, 0.15) is 0 Å². The summed E-state index contributed by atoms with van der Waals surface area (Å²) >= 11 is 0. The second kappa shape index (κ2) is 5.64. The van der Waals surface area contributed by atoms with Gasteiger partial charge < -0.3 is 14.6 Å². The first-order valence-corrected chi connectivity index (χ1v) is 6.27. The molecule has 2 unspecified atom stereocenters. The van der Waals surface area contributed by atoms with Gasteiger partial charge in [0.25, 0.3) is 0 Å². The molecule has 2 saturated heterocycles. The Morgan fingerprint density at radius 3 is 2.50 bits per heavy atom. The van der Waals surface area contributed by atoms with Crippen LogP contribution in [-0.2, 0) is 14.3 Å². The number of esters is 1. The van der Waals surface area contributed by atoms with E-state index < -0.39 is 0 Å². The molecule has 2 heterocycles. The van der Waals surface area contributed by atoms with Gasteiger partial charge in [0, 0.05) is 13.0 Å². The number of rotatable bonds is 7. The van der Waals surface area contributed by atoms with Crippen LogP contribution in [0.2, 0.25) is 0 Å². The molecule has 16 heavy (non-hydrogen) atoms. The third kappa shape index (κ3) is 2.74. The number of carbonyl (C=O) groups excluding carboxylic acids is 1. The lowest BCUT2D eigenvalue weighted by Gasteiger charge is -2.35. The summed E-state index contributed by atoms with van der Waals surface area (Å²) in [6, 6.07) is 0. The number of aliphatic hydroxyl groups excluding tert-OH is 1. The van der Waals surface area contributed by atoms with Crippen LogP contribution in [0.4, 0.5) is 0 Å². The minimum atomic E-state index is -0.0887. The number of hydrogen-bond acceptors (Lipinski definition) is 4. The van der Waals surface area contributed by atoms with Crippen molar-refractivity contribution in [2.45, 2.75) is 63.3 Å². The molecule has 0 aromatic carbocycles. The van der Waals surface area contributed by atoms with Crippen molar-refractivity contribution in [1.82, 2.24) is 0 Å². The van der Waals surface area contributed by atoms with Crippen LogP contribution in [0.15, 0.2) is 0 Å². The molecule has 3 rings (SSSR count). The molecule has 2 aliphatic heterocycles. The number of fused-ring (bicyclic) bond motifs is 1. The van der Waals surface area contributed by atoms with Crippen LogP contribution in [-0.4, -0.2) is 36.0 Å². The van der Waals surface area contributed by atoms with E-state index in [1.807, 2.05) is 0 Å². The number of ether oxygens (including phenoxy) is 2. The molecule has 92 valence electrons. The van der Waals surface area contributed by atoms with Crippen molar-refractivity contribution in [3.8, 4) is 0 Å². The van der Waals surface area contributed by atoms with E-state index in [4.69, 9.17) is 14.6 Å². The van der Waals surface area contributed by atoms with E-state index in [1.165, 1.54) is 0 Å². The Balaban J connectivity index is 1.52. The van der Waals surface area contributed by atoms with Crippen molar-refractivity contribution in [1.29, 1.82) is 0 Å². The molecule has 2 bridgehead atoms. The van der Waals surface area contributed by atoms with E-state index in [2.05, 4.69) is 0 Å². The predicted octanol–water partition coefficient (Wildman–Crippen LogP) is 1.40. The molecule has 1 N–H and O–H groups in total. The lowest BCUT2D eigenvalue weighted by Crippen LogP contribution is -2.48. The van der Waals surface area contributed by atoms with E-state index in [0.29, 0.717) is 6.42 Å². The third-order valence-electron chi connectivity index (χ3n) is 3.37.